The standard InChI is InChI=1S/C57H43BN2OS/c1-5-6-15-36-24-26-46(43(30-36)37-16-8-7-9-17-37)59-47-32-38(51-34(3)28-33(2)29-35(51)4)31-44-39-20-14-21-42-54(39)60(55-40-18-10-12-22-48(40)61-57(42)55)58(53(44)47)45-25-27-50-52(56(45)59)41-19-11-13-23-49(41)62-50/h7-14,16-32H,5-6,15H2,1-4H3. The maximum atomic E-state index is 6.87. The van der Waals surface area contributed by atoms with Gasteiger partial charge < -0.3 is 13.8 Å². The topological polar surface area (TPSA) is 21.3 Å². The number of para-hydroxylation sites is 2. The van der Waals surface area contributed by atoms with E-state index in [1.807, 2.05) is 11.3 Å². The molecule has 3 nitrogen and oxygen atoms in total. The summed E-state index contributed by atoms with van der Waals surface area (Å²) in [6.45, 7) is 8.96. The van der Waals surface area contributed by atoms with Crippen molar-refractivity contribution in [3.63, 3.8) is 0 Å². The largest absolute Gasteiger partial charge is 0.454 e. The number of hydrogen-bond donors (Lipinski definition) is 0. The minimum absolute atomic E-state index is 0.108. The van der Waals surface area contributed by atoms with Crippen LogP contribution in [0.1, 0.15) is 42.0 Å². The van der Waals surface area contributed by atoms with Crippen molar-refractivity contribution in [1.82, 2.24) is 4.48 Å². The first-order valence-corrected chi connectivity index (χ1v) is 22.9. The fourth-order valence-corrected chi connectivity index (χ4v) is 12.5. The predicted octanol–water partition coefficient (Wildman–Crippen LogP) is 14.9. The van der Waals surface area contributed by atoms with Gasteiger partial charge in [-0.25, -0.2) is 0 Å². The predicted molar refractivity (Wildman–Crippen MR) is 266 cm³/mol. The van der Waals surface area contributed by atoms with Crippen molar-refractivity contribution >= 4 is 99.3 Å². The molecular formula is C57H43BN2OS. The van der Waals surface area contributed by atoms with E-state index in [4.69, 9.17) is 4.42 Å². The van der Waals surface area contributed by atoms with Crippen LogP contribution in [0.2, 0.25) is 0 Å². The molecule has 3 aromatic heterocycles. The van der Waals surface area contributed by atoms with E-state index in [9.17, 15) is 0 Å². The van der Waals surface area contributed by atoms with Gasteiger partial charge in [0.15, 0.2) is 5.58 Å². The van der Waals surface area contributed by atoms with E-state index in [-0.39, 0.29) is 6.85 Å². The number of aryl methyl sites for hydroxylation is 4. The third-order valence-corrected chi connectivity index (χ3v) is 14.9. The number of rotatable bonds is 6. The smallest absolute Gasteiger partial charge is 0.333 e. The normalized spacial score (nSPS) is 13.0. The Morgan fingerprint density at radius 2 is 1.37 bits per heavy atom. The van der Waals surface area contributed by atoms with Crippen LogP contribution in [-0.2, 0) is 6.42 Å². The van der Waals surface area contributed by atoms with Crippen LogP contribution in [0.25, 0.3) is 86.5 Å². The number of benzene rings is 8. The highest BCUT2D eigenvalue weighted by molar-refractivity contribution is 7.26. The van der Waals surface area contributed by atoms with Crippen molar-refractivity contribution < 1.29 is 4.42 Å². The van der Waals surface area contributed by atoms with Gasteiger partial charge in [-0.05, 0) is 138 Å². The van der Waals surface area contributed by atoms with Crippen LogP contribution < -0.4 is 15.8 Å². The van der Waals surface area contributed by atoms with E-state index >= 15 is 0 Å². The van der Waals surface area contributed by atoms with E-state index in [0.29, 0.717) is 0 Å². The number of aromatic nitrogens is 1. The molecule has 0 radical (unpaired) electrons. The Bertz CT molecular complexity index is 3660. The van der Waals surface area contributed by atoms with Crippen LogP contribution in [0.5, 0.6) is 0 Å². The fourth-order valence-electron chi connectivity index (χ4n) is 11.4. The summed E-state index contributed by atoms with van der Waals surface area (Å²) < 4.78 is 12.1. The molecule has 0 amide bonds. The van der Waals surface area contributed by atoms with Crippen molar-refractivity contribution in [3.05, 3.63) is 174 Å². The van der Waals surface area contributed by atoms with Crippen LogP contribution in [0, 0.1) is 20.8 Å². The highest BCUT2D eigenvalue weighted by Crippen LogP contribution is 2.53. The lowest BCUT2D eigenvalue weighted by Gasteiger charge is -2.42. The zero-order valence-corrected chi connectivity index (χ0v) is 36.2. The molecule has 0 aliphatic carbocycles. The zero-order valence-electron chi connectivity index (χ0n) is 35.3. The number of nitrogens with zero attached hydrogens (tertiary/aromatic N) is 2. The summed E-state index contributed by atoms with van der Waals surface area (Å²) in [5, 5.41) is 4.92. The first-order valence-electron chi connectivity index (χ1n) is 22.1. The summed E-state index contributed by atoms with van der Waals surface area (Å²) in [6, 6.07) is 57.4. The van der Waals surface area contributed by atoms with E-state index < -0.39 is 0 Å². The summed E-state index contributed by atoms with van der Waals surface area (Å²) in [4.78, 5) is 2.68. The SMILES string of the molecule is CCCCc1ccc(N2c3cc(-c4c(C)cc(C)cc4C)cc4c3B(c3ccc5sc6ccccc6c5c32)n2c3c-4cccc3c3oc4ccccc4c32)c(-c2ccccc2)c1. The van der Waals surface area contributed by atoms with Gasteiger partial charge in [-0.15, -0.1) is 11.3 Å². The Hall–Kier alpha value is -6.82. The number of fused-ring (bicyclic) bond motifs is 13. The molecule has 0 spiro atoms. The average Bonchev–Trinajstić information content (AvgIpc) is 3.97. The molecule has 11 aromatic rings. The third-order valence-electron chi connectivity index (χ3n) is 13.8. The molecule has 62 heavy (non-hydrogen) atoms. The zero-order chi connectivity index (χ0) is 41.4. The van der Waals surface area contributed by atoms with Crippen LogP contribution in [0.3, 0.4) is 0 Å². The maximum absolute atomic E-state index is 6.87. The molecule has 0 N–H and O–H groups in total. The first-order chi connectivity index (χ1) is 30.5. The second kappa shape index (κ2) is 13.3. The lowest BCUT2D eigenvalue weighted by molar-refractivity contribution is 0.673. The summed E-state index contributed by atoms with van der Waals surface area (Å²) in [6.07, 6.45) is 3.38. The van der Waals surface area contributed by atoms with Crippen molar-refractivity contribution in [2.24, 2.45) is 0 Å². The molecule has 8 aromatic carbocycles. The van der Waals surface area contributed by atoms with Gasteiger partial charge >= 0.3 is 6.85 Å². The van der Waals surface area contributed by atoms with Gasteiger partial charge in [0.25, 0.3) is 0 Å². The van der Waals surface area contributed by atoms with E-state index in [2.05, 4.69) is 189 Å². The van der Waals surface area contributed by atoms with Crippen LogP contribution in [-0.4, -0.2) is 11.3 Å². The van der Waals surface area contributed by atoms with E-state index in [0.717, 1.165) is 41.2 Å². The highest BCUT2D eigenvalue weighted by Gasteiger charge is 2.45. The Balaban J connectivity index is 1.24. The number of thiophene rings is 1. The number of hydrogen-bond acceptors (Lipinski definition) is 3. The van der Waals surface area contributed by atoms with Crippen LogP contribution >= 0.6 is 11.3 Å². The summed E-state index contributed by atoms with van der Waals surface area (Å²) in [5.41, 5.74) is 23.5. The molecule has 0 fully saturated rings. The van der Waals surface area contributed by atoms with E-state index in [1.165, 1.54) is 115 Å². The molecule has 0 bridgehead atoms. The molecule has 0 atom stereocenters. The van der Waals surface area contributed by atoms with Gasteiger partial charge in [0.1, 0.15) is 5.58 Å². The Labute approximate surface area is 365 Å². The van der Waals surface area contributed by atoms with Gasteiger partial charge in [0.2, 0.25) is 0 Å². The first kappa shape index (κ1) is 35.9. The Morgan fingerprint density at radius 1 is 0.597 bits per heavy atom. The maximum Gasteiger partial charge on any atom is 0.333 e. The summed E-state index contributed by atoms with van der Waals surface area (Å²) >= 11 is 1.90. The molecule has 296 valence electrons. The Kier molecular flexibility index (Phi) is 7.72. The lowest BCUT2D eigenvalue weighted by Crippen LogP contribution is -2.56. The van der Waals surface area contributed by atoms with Crippen molar-refractivity contribution in [1.29, 1.82) is 0 Å². The molecule has 5 heteroatoms. The molecule has 13 rings (SSSR count). The van der Waals surface area contributed by atoms with Gasteiger partial charge in [0.05, 0.1) is 16.9 Å². The summed E-state index contributed by atoms with van der Waals surface area (Å²) in [7, 11) is 0. The molecule has 2 aliphatic heterocycles. The van der Waals surface area contributed by atoms with Gasteiger partial charge in [-0.3, -0.25) is 0 Å². The van der Waals surface area contributed by atoms with Crippen LogP contribution in [0.4, 0.5) is 17.1 Å². The van der Waals surface area contributed by atoms with Crippen molar-refractivity contribution in [3.8, 4) is 33.4 Å². The number of unbranched alkanes of at least 4 members (excludes halogenated alkanes) is 1. The molecule has 5 heterocycles. The molecular weight excluding hydrogens is 772 g/mol. The van der Waals surface area contributed by atoms with Gasteiger partial charge in [0, 0.05) is 53.3 Å². The second-order valence-electron chi connectivity index (χ2n) is 17.6. The van der Waals surface area contributed by atoms with Gasteiger partial charge in [-0.2, -0.15) is 0 Å². The highest BCUT2D eigenvalue weighted by atomic mass is 32.1. The average molecular weight is 815 g/mol. The summed E-state index contributed by atoms with van der Waals surface area (Å²) in [5.74, 6) is 0. The molecule has 0 unspecified atom stereocenters. The number of furan rings is 1. The van der Waals surface area contributed by atoms with Crippen molar-refractivity contribution in [2.75, 3.05) is 4.90 Å². The molecule has 0 saturated carbocycles. The quantitative estimate of drug-likeness (QED) is 0.156. The van der Waals surface area contributed by atoms with Crippen molar-refractivity contribution in [2.45, 2.75) is 47.0 Å². The molecule has 0 saturated heterocycles. The fraction of sp³-hybridized carbons (Fsp3) is 0.123. The monoisotopic (exact) mass is 814 g/mol. The van der Waals surface area contributed by atoms with Crippen LogP contribution in [0.15, 0.2) is 156 Å². The van der Waals surface area contributed by atoms with Gasteiger partial charge in [-0.1, -0.05) is 116 Å². The Morgan fingerprint density at radius 3 is 2.21 bits per heavy atom. The lowest BCUT2D eigenvalue weighted by atomic mass is 9.44. The third kappa shape index (κ3) is 4.94. The second-order valence-corrected chi connectivity index (χ2v) is 18.7. The van der Waals surface area contributed by atoms with E-state index in [1.54, 1.807) is 0 Å². The minimum atomic E-state index is -0.108. The minimum Gasteiger partial charge on any atom is -0.454 e. The number of anilines is 3. The molecule has 2 aliphatic rings.